The lowest BCUT2D eigenvalue weighted by atomic mass is 9.99. The van der Waals surface area contributed by atoms with E-state index in [9.17, 15) is 9.59 Å². The molecule has 34 heavy (non-hydrogen) atoms. The van der Waals surface area contributed by atoms with E-state index in [1.165, 1.54) is 23.5 Å². The number of thioether (sulfide) groups is 2. The normalized spacial score (nSPS) is 12.6. The molecule has 0 spiro atoms. The summed E-state index contributed by atoms with van der Waals surface area (Å²) in [7, 11) is -1.18. The van der Waals surface area contributed by atoms with Crippen molar-refractivity contribution in [3.63, 3.8) is 0 Å². The molecule has 0 aliphatic carbocycles. The predicted molar refractivity (Wildman–Crippen MR) is 146 cm³/mol. The topological polar surface area (TPSA) is 74.3 Å². The van der Waals surface area contributed by atoms with Crippen LogP contribution in [0.25, 0.3) is 0 Å². The van der Waals surface area contributed by atoms with Crippen molar-refractivity contribution in [2.24, 2.45) is 10.8 Å². The molecule has 0 aromatic carbocycles. The molecular weight excluding hydrogens is 493 g/mol. The van der Waals surface area contributed by atoms with Gasteiger partial charge in [0.2, 0.25) is 0 Å². The molecule has 0 N–H and O–H groups in total. The quantitative estimate of drug-likeness (QED) is 0.144. The molecule has 0 aliphatic heterocycles. The molecule has 7 nitrogen and oxygen atoms in total. The maximum atomic E-state index is 11.9. The maximum Gasteiger partial charge on any atom is 0.258 e. The largest absolute Gasteiger partial charge is 0.378 e. The van der Waals surface area contributed by atoms with Crippen molar-refractivity contribution < 1.29 is 28.1 Å². The predicted octanol–water partition coefficient (Wildman–Crippen LogP) is 6.01. The molecule has 0 saturated carbocycles. The van der Waals surface area contributed by atoms with Crippen LogP contribution in [0.2, 0.25) is 0 Å². The van der Waals surface area contributed by atoms with Gasteiger partial charge in [-0.2, -0.15) is 0 Å². The van der Waals surface area contributed by atoms with Gasteiger partial charge >= 0.3 is 0 Å². The van der Waals surface area contributed by atoms with Gasteiger partial charge in [-0.3, -0.25) is 9.59 Å². The molecule has 0 aromatic rings. The van der Waals surface area contributed by atoms with Crippen LogP contribution in [0.5, 0.6) is 0 Å². The average Bonchev–Trinajstić information content (AvgIpc) is 2.74. The van der Waals surface area contributed by atoms with Gasteiger partial charge in [0, 0.05) is 35.4 Å². The van der Waals surface area contributed by atoms with Gasteiger partial charge in [0.15, 0.2) is 10.2 Å². The van der Waals surface area contributed by atoms with E-state index in [-0.39, 0.29) is 21.1 Å². The number of carbonyl (C=O) groups excluding carboxylic acids is 2. The Labute approximate surface area is 218 Å². The molecule has 0 radical (unpaired) electrons. The Morgan fingerprint density at radius 3 is 1.38 bits per heavy atom. The Morgan fingerprint density at radius 2 is 1.06 bits per heavy atom. The fourth-order valence-electron chi connectivity index (χ4n) is 2.36. The van der Waals surface area contributed by atoms with Crippen LogP contribution in [0.1, 0.15) is 68.2 Å². The minimum atomic E-state index is -1.18. The van der Waals surface area contributed by atoms with Gasteiger partial charge < -0.3 is 18.5 Å². The van der Waals surface area contributed by atoms with Gasteiger partial charge in [-0.25, -0.2) is 4.67 Å². The molecule has 0 atom stereocenters. The maximum absolute atomic E-state index is 11.9. The molecular formula is C24H48NO6PS2. The molecule has 0 aromatic heterocycles. The Balaban J connectivity index is 4.25. The van der Waals surface area contributed by atoms with E-state index in [2.05, 4.69) is 18.5 Å². The first-order valence-electron chi connectivity index (χ1n) is 12.2. The van der Waals surface area contributed by atoms with Crippen LogP contribution < -0.4 is 0 Å². The van der Waals surface area contributed by atoms with Crippen molar-refractivity contribution in [2.45, 2.75) is 68.2 Å². The van der Waals surface area contributed by atoms with Crippen molar-refractivity contribution in [1.82, 2.24) is 4.67 Å². The lowest BCUT2D eigenvalue weighted by Crippen LogP contribution is -2.24. The van der Waals surface area contributed by atoms with E-state index in [1.807, 2.05) is 41.5 Å². The highest BCUT2D eigenvalue weighted by atomic mass is 32.2. The Hall–Kier alpha value is 0.270. The summed E-state index contributed by atoms with van der Waals surface area (Å²) in [5.41, 5.74) is -0.648. The third-order valence-corrected chi connectivity index (χ3v) is 8.36. The van der Waals surface area contributed by atoms with Crippen molar-refractivity contribution in [2.75, 3.05) is 64.2 Å². The number of hydrogen-bond acceptors (Lipinski definition) is 9. The molecule has 0 saturated heterocycles. The molecule has 10 heteroatoms. The number of carbonyl (C=O) groups is 2. The highest BCUT2D eigenvalue weighted by Gasteiger charge is 2.23. The first-order valence-corrected chi connectivity index (χ1v) is 15.3. The Morgan fingerprint density at radius 1 is 0.676 bits per heavy atom. The number of nitrogens with zero attached hydrogens (tertiary/aromatic N) is 1. The van der Waals surface area contributed by atoms with Gasteiger partial charge in [-0.15, -0.1) is 0 Å². The lowest BCUT2D eigenvalue weighted by molar-refractivity contribution is -0.118. The van der Waals surface area contributed by atoms with Crippen LogP contribution in [-0.2, 0) is 28.1 Å². The molecule has 0 rings (SSSR count). The van der Waals surface area contributed by atoms with Gasteiger partial charge in [0.1, 0.15) is 0 Å². The van der Waals surface area contributed by atoms with Gasteiger partial charge in [0.25, 0.3) is 8.53 Å². The lowest BCUT2D eigenvalue weighted by Gasteiger charge is -2.29. The summed E-state index contributed by atoms with van der Waals surface area (Å²) >= 11 is 2.64. The monoisotopic (exact) mass is 541 g/mol. The highest BCUT2D eigenvalue weighted by Crippen LogP contribution is 2.42. The van der Waals surface area contributed by atoms with E-state index < -0.39 is 8.53 Å². The van der Waals surface area contributed by atoms with Crippen LogP contribution in [0.4, 0.5) is 0 Å². The van der Waals surface area contributed by atoms with Crippen LogP contribution in [-0.4, -0.2) is 79.1 Å². The zero-order chi connectivity index (χ0) is 26.0. The standard InChI is InChI=1S/C24H48NO6PS2/c1-9-11-25(12-10-2)32(30-15-13-28-17-19-33-21(26)23(3,4)5)31-16-14-29-18-20-34-22(27)24(6,7)8/h9-20H2,1-8H3. The van der Waals surface area contributed by atoms with E-state index in [4.69, 9.17) is 18.5 Å². The number of ether oxygens (including phenoxy) is 2. The SMILES string of the molecule is CCCN(CCC)P(OCCOCCSC(=O)C(C)(C)C)OCCOCCSC(=O)C(C)(C)C. The summed E-state index contributed by atoms with van der Waals surface area (Å²) in [6.07, 6.45) is 2.05. The molecule has 0 amide bonds. The molecule has 0 aliphatic rings. The third kappa shape index (κ3) is 17.7. The van der Waals surface area contributed by atoms with Crippen LogP contribution in [0, 0.1) is 10.8 Å². The zero-order valence-corrected chi connectivity index (χ0v) is 25.2. The molecule has 202 valence electrons. The molecule has 0 bridgehead atoms. The summed E-state index contributed by atoms with van der Waals surface area (Å²) in [5, 5.41) is 0.362. The second-order valence-corrected chi connectivity index (χ2v) is 13.5. The average molecular weight is 542 g/mol. The molecule has 0 unspecified atom stereocenters. The van der Waals surface area contributed by atoms with Gasteiger partial charge in [0.05, 0.1) is 39.6 Å². The zero-order valence-electron chi connectivity index (χ0n) is 22.6. The molecule has 0 fully saturated rings. The van der Waals surface area contributed by atoms with Gasteiger partial charge in [-0.1, -0.05) is 78.9 Å². The van der Waals surface area contributed by atoms with E-state index in [1.54, 1.807) is 0 Å². The summed E-state index contributed by atoms with van der Waals surface area (Å²) in [5.74, 6) is 1.30. The summed E-state index contributed by atoms with van der Waals surface area (Å²) in [6, 6.07) is 0. The summed E-state index contributed by atoms with van der Waals surface area (Å²) in [6.45, 7) is 20.5. The van der Waals surface area contributed by atoms with Crippen molar-refractivity contribution in [1.29, 1.82) is 0 Å². The minimum Gasteiger partial charge on any atom is -0.378 e. The smallest absolute Gasteiger partial charge is 0.258 e. The van der Waals surface area contributed by atoms with Crippen LogP contribution in [0.3, 0.4) is 0 Å². The first-order chi connectivity index (χ1) is 15.9. The Bertz CT molecular complexity index is 509. The Kier molecular flexibility index (Phi) is 19.5. The van der Waals surface area contributed by atoms with Crippen LogP contribution >= 0.6 is 32.0 Å². The summed E-state index contributed by atoms with van der Waals surface area (Å²) < 4.78 is 25.6. The minimum absolute atomic E-state index is 0.181. The number of rotatable bonds is 19. The third-order valence-electron chi connectivity index (χ3n) is 4.20. The molecule has 0 heterocycles. The number of hydrogen-bond donors (Lipinski definition) is 0. The second-order valence-electron chi connectivity index (χ2n) is 9.85. The van der Waals surface area contributed by atoms with E-state index in [0.717, 1.165) is 25.9 Å². The van der Waals surface area contributed by atoms with Crippen molar-refractivity contribution in [3.8, 4) is 0 Å². The van der Waals surface area contributed by atoms with Crippen molar-refractivity contribution >= 4 is 42.3 Å². The second kappa shape index (κ2) is 19.4. The van der Waals surface area contributed by atoms with Gasteiger partial charge in [-0.05, 0) is 12.8 Å². The fourth-order valence-corrected chi connectivity index (χ4v) is 5.59. The van der Waals surface area contributed by atoms with Crippen molar-refractivity contribution in [3.05, 3.63) is 0 Å². The first kappa shape index (κ1) is 34.3. The van der Waals surface area contributed by atoms with E-state index >= 15 is 0 Å². The van der Waals surface area contributed by atoms with E-state index in [0.29, 0.717) is 51.1 Å². The fraction of sp³-hybridized carbons (Fsp3) is 0.917. The summed E-state index contributed by atoms with van der Waals surface area (Å²) in [4.78, 5) is 23.9. The van der Waals surface area contributed by atoms with Crippen LogP contribution in [0.15, 0.2) is 0 Å². The highest BCUT2D eigenvalue weighted by molar-refractivity contribution is 8.14.